The van der Waals surface area contributed by atoms with Crippen molar-refractivity contribution >= 4 is 37.2 Å². The van der Waals surface area contributed by atoms with E-state index in [0.29, 0.717) is 0 Å². The Hall–Kier alpha value is 1.09. The fourth-order valence-corrected chi connectivity index (χ4v) is 0.340. The predicted octanol–water partition coefficient (Wildman–Crippen LogP) is 2.57. The first-order valence-electron chi connectivity index (χ1n) is 1.72. The Balaban J connectivity index is -0.0000000312. The van der Waals surface area contributed by atoms with Crippen LogP contribution >= 0.6 is 37.2 Å². The molecule has 0 saturated heterocycles. The summed E-state index contributed by atoms with van der Waals surface area (Å²) in [5, 5.41) is 0. The Morgan fingerprint density at radius 2 is 1.67 bits per heavy atom. The van der Waals surface area contributed by atoms with Gasteiger partial charge in [-0.15, -0.1) is 43.6 Å². The first-order valence-corrected chi connectivity index (χ1v) is 1.72. The molecular formula is C5H8Cl3Nb-. The van der Waals surface area contributed by atoms with Crippen LogP contribution in [-0.4, -0.2) is 0 Å². The van der Waals surface area contributed by atoms with Crippen LogP contribution in [0.5, 0.6) is 0 Å². The first kappa shape index (κ1) is 22.5. The molecule has 0 saturated carbocycles. The van der Waals surface area contributed by atoms with Crippen LogP contribution in [-0.2, 0) is 22.4 Å². The maximum absolute atomic E-state index is 2.99. The summed E-state index contributed by atoms with van der Waals surface area (Å²) >= 11 is 0. The van der Waals surface area contributed by atoms with E-state index >= 15 is 0 Å². The summed E-state index contributed by atoms with van der Waals surface area (Å²) in [6, 6.07) is 0. The van der Waals surface area contributed by atoms with Crippen LogP contribution in [0.2, 0.25) is 0 Å². The Morgan fingerprint density at radius 1 is 1.11 bits per heavy atom. The minimum Gasteiger partial charge on any atom is -0.273 e. The Bertz CT molecular complexity index is 70.3. The van der Waals surface area contributed by atoms with Crippen molar-refractivity contribution < 1.29 is 22.4 Å². The molecule has 0 aromatic rings. The van der Waals surface area contributed by atoms with Crippen LogP contribution in [0, 0.1) is 6.08 Å². The second-order valence-electron chi connectivity index (χ2n) is 1.00. The zero-order valence-electron chi connectivity index (χ0n) is 4.61. The van der Waals surface area contributed by atoms with E-state index in [1.807, 2.05) is 12.2 Å². The summed E-state index contributed by atoms with van der Waals surface area (Å²) in [7, 11) is 0. The molecule has 0 amide bonds. The molecule has 0 N–H and O–H groups in total. The molecule has 55 valence electrons. The van der Waals surface area contributed by atoms with E-state index in [2.05, 4.69) is 12.2 Å². The van der Waals surface area contributed by atoms with Crippen LogP contribution in [0.1, 0.15) is 6.42 Å². The minimum atomic E-state index is 0. The van der Waals surface area contributed by atoms with Gasteiger partial charge in [-0.3, -0.25) is 6.08 Å². The van der Waals surface area contributed by atoms with Gasteiger partial charge in [0.15, 0.2) is 0 Å². The molecule has 4 heteroatoms. The largest absolute Gasteiger partial charge is 0.273 e. The van der Waals surface area contributed by atoms with E-state index in [1.165, 1.54) is 0 Å². The quantitative estimate of drug-likeness (QED) is 0.467. The van der Waals surface area contributed by atoms with Crippen molar-refractivity contribution in [2.45, 2.75) is 6.42 Å². The van der Waals surface area contributed by atoms with Gasteiger partial charge in [-0.2, -0.15) is 6.08 Å². The van der Waals surface area contributed by atoms with Crippen LogP contribution < -0.4 is 0 Å². The molecule has 0 nitrogen and oxygen atoms in total. The second-order valence-corrected chi connectivity index (χ2v) is 1.00. The summed E-state index contributed by atoms with van der Waals surface area (Å²) < 4.78 is 0. The molecular weight excluding hydrogens is 259 g/mol. The van der Waals surface area contributed by atoms with Crippen molar-refractivity contribution in [1.82, 2.24) is 0 Å². The van der Waals surface area contributed by atoms with Gasteiger partial charge in [0.1, 0.15) is 0 Å². The molecule has 0 unspecified atom stereocenters. The third-order valence-electron chi connectivity index (χ3n) is 0.586. The summed E-state index contributed by atoms with van der Waals surface area (Å²) in [5.41, 5.74) is 0. The van der Waals surface area contributed by atoms with Gasteiger partial charge in [0.05, 0.1) is 0 Å². The normalized spacial score (nSPS) is 9.78. The average Bonchev–Trinajstić information content (AvgIpc) is 1.76. The van der Waals surface area contributed by atoms with E-state index in [1.54, 1.807) is 0 Å². The van der Waals surface area contributed by atoms with E-state index < -0.39 is 0 Å². The molecule has 0 atom stereocenters. The van der Waals surface area contributed by atoms with E-state index in [0.717, 1.165) is 6.42 Å². The maximum atomic E-state index is 2.99. The van der Waals surface area contributed by atoms with Crippen molar-refractivity contribution in [2.24, 2.45) is 0 Å². The van der Waals surface area contributed by atoms with Crippen LogP contribution in [0.3, 0.4) is 0 Å². The van der Waals surface area contributed by atoms with Gasteiger partial charge in [-0.25, -0.2) is 12.2 Å². The molecule has 0 aromatic heterocycles. The molecule has 0 bridgehead atoms. The maximum Gasteiger partial charge on any atom is 0 e. The van der Waals surface area contributed by atoms with Gasteiger partial charge in [0.2, 0.25) is 0 Å². The third-order valence-corrected chi connectivity index (χ3v) is 0.586. The van der Waals surface area contributed by atoms with Crippen LogP contribution in [0.25, 0.3) is 0 Å². The van der Waals surface area contributed by atoms with Crippen molar-refractivity contribution in [2.75, 3.05) is 0 Å². The van der Waals surface area contributed by atoms with E-state index in [4.69, 9.17) is 0 Å². The van der Waals surface area contributed by atoms with Gasteiger partial charge in [-0.05, 0) is 0 Å². The molecule has 0 fully saturated rings. The van der Waals surface area contributed by atoms with E-state index in [-0.39, 0.29) is 59.6 Å². The topological polar surface area (TPSA) is 0 Å². The average molecular weight is 267 g/mol. The van der Waals surface area contributed by atoms with Gasteiger partial charge < -0.3 is 0 Å². The number of allylic oxidation sites excluding steroid dienone is 4. The Morgan fingerprint density at radius 3 is 1.78 bits per heavy atom. The number of halogens is 3. The van der Waals surface area contributed by atoms with Crippen molar-refractivity contribution in [1.29, 1.82) is 0 Å². The van der Waals surface area contributed by atoms with Crippen LogP contribution in [0.15, 0.2) is 18.2 Å². The SMILES string of the molecule is Cl.Cl.Cl.[C-]1=CC=CC1.[Nb]. The number of rotatable bonds is 0. The smallest absolute Gasteiger partial charge is 0 e. The van der Waals surface area contributed by atoms with E-state index in [9.17, 15) is 0 Å². The van der Waals surface area contributed by atoms with Gasteiger partial charge in [-0.1, -0.05) is 0 Å². The monoisotopic (exact) mass is 266 g/mol. The molecule has 0 aromatic carbocycles. The van der Waals surface area contributed by atoms with Gasteiger partial charge >= 0.3 is 0 Å². The summed E-state index contributed by atoms with van der Waals surface area (Å²) in [5.74, 6) is 0. The molecule has 1 rings (SSSR count). The zero-order chi connectivity index (χ0) is 3.54. The molecule has 9 heavy (non-hydrogen) atoms. The molecule has 0 heterocycles. The summed E-state index contributed by atoms with van der Waals surface area (Å²) in [6.45, 7) is 0. The molecule has 0 spiro atoms. The second kappa shape index (κ2) is 16.0. The van der Waals surface area contributed by atoms with Crippen molar-refractivity contribution in [3.05, 3.63) is 24.3 Å². The fourth-order valence-electron chi connectivity index (χ4n) is 0.340. The predicted molar refractivity (Wildman–Crippen MR) is 43.3 cm³/mol. The summed E-state index contributed by atoms with van der Waals surface area (Å²) in [4.78, 5) is 0. The van der Waals surface area contributed by atoms with Gasteiger partial charge in [0.25, 0.3) is 0 Å². The summed E-state index contributed by atoms with van der Waals surface area (Å²) in [6.07, 6.45) is 10.0. The number of hydrogen-bond acceptors (Lipinski definition) is 0. The minimum absolute atomic E-state index is 0. The van der Waals surface area contributed by atoms with Crippen molar-refractivity contribution in [3.63, 3.8) is 0 Å². The zero-order valence-corrected chi connectivity index (χ0v) is 9.26. The van der Waals surface area contributed by atoms with Crippen molar-refractivity contribution in [3.8, 4) is 0 Å². The Kier molecular flexibility index (Phi) is 40.1. The molecule has 0 aliphatic heterocycles. The fraction of sp³-hybridized carbons (Fsp3) is 0.200. The number of hydrogen-bond donors (Lipinski definition) is 0. The molecule has 1 radical (unpaired) electrons. The molecule has 1 aliphatic rings. The standard InChI is InChI=1S/C5H5.3ClH.Nb/c1-2-4-5-3-1;;;;/h1-3H,4H2;3*1H;/q-1;;;;. The Labute approximate surface area is 89.9 Å². The first-order chi connectivity index (χ1) is 2.50. The van der Waals surface area contributed by atoms with Crippen LogP contribution in [0.4, 0.5) is 0 Å². The molecule has 1 aliphatic carbocycles. The third kappa shape index (κ3) is 12.3. The van der Waals surface area contributed by atoms with Gasteiger partial charge in [0, 0.05) is 22.4 Å².